The third-order valence-electron chi connectivity index (χ3n) is 4.87. The number of aromatic nitrogens is 3. The summed E-state index contributed by atoms with van der Waals surface area (Å²) >= 11 is 0. The molecule has 0 fully saturated rings. The monoisotopic (exact) mass is 377 g/mol. The Morgan fingerprint density at radius 3 is 2.64 bits per heavy atom. The van der Waals surface area contributed by atoms with Crippen LogP contribution in [-0.4, -0.2) is 27.6 Å². The maximum absolute atomic E-state index is 12.3. The molecule has 0 saturated carbocycles. The first-order valence-electron chi connectivity index (χ1n) is 9.69. The number of hydrogen-bond acceptors (Lipinski definition) is 5. The molecule has 0 N–H and O–H groups in total. The number of fused-ring (bicyclic) bond motifs is 1. The maximum Gasteiger partial charge on any atom is 0.364 e. The molecule has 0 atom stereocenters. The Morgan fingerprint density at radius 2 is 1.86 bits per heavy atom. The molecule has 0 saturated heterocycles. The normalized spacial score (nSPS) is 13.0. The summed E-state index contributed by atoms with van der Waals surface area (Å²) in [5.74, 6) is 0.454. The van der Waals surface area contributed by atoms with Gasteiger partial charge in [-0.3, -0.25) is 0 Å². The van der Waals surface area contributed by atoms with Crippen LogP contribution in [0.4, 0.5) is 0 Å². The van der Waals surface area contributed by atoms with E-state index in [1.165, 1.54) is 24.0 Å². The van der Waals surface area contributed by atoms with Crippen LogP contribution in [0.3, 0.4) is 0 Å². The molecule has 1 aliphatic carbocycles. The largest absolute Gasteiger partial charge is 0.461 e. The summed E-state index contributed by atoms with van der Waals surface area (Å²) in [4.78, 5) is 12.3. The molecule has 144 valence electrons. The van der Waals surface area contributed by atoms with Crippen molar-refractivity contribution in [3.8, 4) is 11.6 Å². The molecular weight excluding hydrogens is 354 g/mol. The Morgan fingerprint density at radius 1 is 1.07 bits per heavy atom. The van der Waals surface area contributed by atoms with E-state index < -0.39 is 5.97 Å². The average Bonchev–Trinajstić information content (AvgIpc) is 3.11. The molecule has 0 aliphatic heterocycles. The molecule has 0 amide bonds. The molecule has 0 unspecified atom stereocenters. The van der Waals surface area contributed by atoms with E-state index in [1.807, 2.05) is 36.4 Å². The molecule has 4 rings (SSSR count). The van der Waals surface area contributed by atoms with Crippen LogP contribution in [0.1, 0.15) is 46.9 Å². The van der Waals surface area contributed by atoms with Crippen LogP contribution >= 0.6 is 0 Å². The summed E-state index contributed by atoms with van der Waals surface area (Å²) in [7, 11) is 0. The molecule has 1 aromatic heterocycles. The van der Waals surface area contributed by atoms with E-state index in [-0.39, 0.29) is 12.3 Å². The van der Waals surface area contributed by atoms with Gasteiger partial charge in [-0.2, -0.15) is 0 Å². The lowest BCUT2D eigenvalue weighted by atomic mass is 9.92. The van der Waals surface area contributed by atoms with E-state index in [1.54, 1.807) is 11.6 Å². The van der Waals surface area contributed by atoms with Crippen LogP contribution in [0, 0.1) is 0 Å². The predicted octanol–water partition coefficient (Wildman–Crippen LogP) is 4.17. The molecule has 28 heavy (non-hydrogen) atoms. The lowest BCUT2D eigenvalue weighted by Gasteiger charge is -2.17. The highest BCUT2D eigenvalue weighted by atomic mass is 16.5. The zero-order chi connectivity index (χ0) is 19.3. The number of hydrogen-bond donors (Lipinski definition) is 0. The van der Waals surface area contributed by atoms with Gasteiger partial charge in [0.05, 0.1) is 13.2 Å². The Hall–Kier alpha value is -3.15. The van der Waals surface area contributed by atoms with E-state index in [4.69, 9.17) is 9.47 Å². The number of aryl methyl sites for hydroxylation is 2. The van der Waals surface area contributed by atoms with Crippen molar-refractivity contribution >= 4 is 5.97 Å². The SMILES string of the molecule is CCOC(=O)c1nnn(Cc2ccccc2)c1Oc1ccc2c(c1)CCCC2. The first-order chi connectivity index (χ1) is 13.7. The Labute approximate surface area is 164 Å². The Kier molecular flexibility index (Phi) is 5.37. The highest BCUT2D eigenvalue weighted by Gasteiger charge is 2.24. The fourth-order valence-corrected chi connectivity index (χ4v) is 3.48. The van der Waals surface area contributed by atoms with Crippen LogP contribution in [0.5, 0.6) is 11.6 Å². The van der Waals surface area contributed by atoms with E-state index in [2.05, 4.69) is 22.4 Å². The minimum Gasteiger partial charge on any atom is -0.461 e. The summed E-state index contributed by atoms with van der Waals surface area (Å²) < 4.78 is 12.8. The van der Waals surface area contributed by atoms with Gasteiger partial charge in [-0.1, -0.05) is 41.6 Å². The molecule has 1 heterocycles. The number of nitrogens with zero attached hydrogens (tertiary/aromatic N) is 3. The third kappa shape index (κ3) is 3.91. The van der Waals surface area contributed by atoms with Crippen LogP contribution in [0.25, 0.3) is 0 Å². The lowest BCUT2D eigenvalue weighted by Crippen LogP contribution is -2.09. The quantitative estimate of drug-likeness (QED) is 0.603. The third-order valence-corrected chi connectivity index (χ3v) is 4.87. The highest BCUT2D eigenvalue weighted by Crippen LogP contribution is 2.30. The van der Waals surface area contributed by atoms with Crippen LogP contribution in [0.2, 0.25) is 0 Å². The van der Waals surface area contributed by atoms with Gasteiger partial charge in [0.15, 0.2) is 0 Å². The molecule has 6 nitrogen and oxygen atoms in total. The van der Waals surface area contributed by atoms with Crippen molar-refractivity contribution < 1.29 is 14.3 Å². The van der Waals surface area contributed by atoms with Gasteiger partial charge in [0.1, 0.15) is 5.75 Å². The minimum absolute atomic E-state index is 0.0931. The highest BCUT2D eigenvalue weighted by molar-refractivity contribution is 5.89. The molecule has 6 heteroatoms. The molecule has 0 spiro atoms. The predicted molar refractivity (Wildman–Crippen MR) is 105 cm³/mol. The first-order valence-corrected chi connectivity index (χ1v) is 9.69. The summed E-state index contributed by atoms with van der Waals surface area (Å²) in [6.45, 7) is 2.48. The number of carbonyl (C=O) groups is 1. The number of carbonyl (C=O) groups excluding carboxylic acids is 1. The molecule has 0 bridgehead atoms. The molecule has 1 aliphatic rings. The summed E-state index contributed by atoms with van der Waals surface area (Å²) in [6.07, 6.45) is 4.59. The van der Waals surface area contributed by atoms with E-state index in [0.29, 0.717) is 18.2 Å². The van der Waals surface area contributed by atoms with Crippen molar-refractivity contribution in [1.82, 2.24) is 15.0 Å². The number of ether oxygens (including phenoxy) is 2. The van der Waals surface area contributed by atoms with Gasteiger partial charge in [-0.05, 0) is 61.4 Å². The van der Waals surface area contributed by atoms with Crippen LogP contribution < -0.4 is 4.74 Å². The summed E-state index contributed by atoms with van der Waals surface area (Å²) in [6, 6.07) is 16.0. The average molecular weight is 377 g/mol. The van der Waals surface area contributed by atoms with E-state index in [9.17, 15) is 4.79 Å². The number of esters is 1. The van der Waals surface area contributed by atoms with Gasteiger partial charge in [-0.25, -0.2) is 9.48 Å². The molecule has 3 aromatic rings. The zero-order valence-corrected chi connectivity index (χ0v) is 15.9. The fourth-order valence-electron chi connectivity index (χ4n) is 3.48. The summed E-state index contributed by atoms with van der Waals surface area (Å²) in [5.41, 5.74) is 3.82. The second-order valence-corrected chi connectivity index (χ2v) is 6.85. The van der Waals surface area contributed by atoms with Crippen LogP contribution in [-0.2, 0) is 24.1 Å². The van der Waals surface area contributed by atoms with Gasteiger partial charge >= 0.3 is 5.97 Å². The first kappa shape index (κ1) is 18.2. The van der Waals surface area contributed by atoms with Gasteiger partial charge in [0.25, 0.3) is 5.88 Å². The van der Waals surface area contributed by atoms with Gasteiger partial charge in [0, 0.05) is 0 Å². The minimum atomic E-state index is -0.533. The molecular formula is C22H23N3O3. The smallest absolute Gasteiger partial charge is 0.364 e. The Balaban J connectivity index is 1.66. The molecule has 0 radical (unpaired) electrons. The lowest BCUT2D eigenvalue weighted by molar-refractivity contribution is 0.0516. The number of rotatable bonds is 6. The van der Waals surface area contributed by atoms with Crippen molar-refractivity contribution in [3.63, 3.8) is 0 Å². The van der Waals surface area contributed by atoms with E-state index >= 15 is 0 Å². The van der Waals surface area contributed by atoms with Gasteiger partial charge in [0.2, 0.25) is 5.69 Å². The van der Waals surface area contributed by atoms with Gasteiger partial charge < -0.3 is 9.47 Å². The van der Waals surface area contributed by atoms with Crippen molar-refractivity contribution in [3.05, 3.63) is 70.9 Å². The van der Waals surface area contributed by atoms with Crippen molar-refractivity contribution in [2.75, 3.05) is 6.61 Å². The second kappa shape index (κ2) is 8.25. The topological polar surface area (TPSA) is 66.2 Å². The van der Waals surface area contributed by atoms with Crippen molar-refractivity contribution in [2.24, 2.45) is 0 Å². The summed E-state index contributed by atoms with van der Waals surface area (Å²) in [5, 5.41) is 8.17. The standard InChI is InChI=1S/C22H23N3O3/c1-2-27-22(26)20-21(25(24-23-20)15-16-8-4-3-5-9-16)28-19-13-12-17-10-6-7-11-18(17)14-19/h3-5,8-9,12-14H,2,6-7,10-11,15H2,1H3. The van der Waals surface area contributed by atoms with Crippen molar-refractivity contribution in [2.45, 2.75) is 39.2 Å². The zero-order valence-electron chi connectivity index (χ0n) is 15.9. The Bertz CT molecular complexity index is 966. The maximum atomic E-state index is 12.3. The van der Waals surface area contributed by atoms with Crippen LogP contribution in [0.15, 0.2) is 48.5 Å². The molecule has 2 aromatic carbocycles. The fraction of sp³-hybridized carbons (Fsp3) is 0.318. The van der Waals surface area contributed by atoms with E-state index in [0.717, 1.165) is 18.4 Å². The second-order valence-electron chi connectivity index (χ2n) is 6.85. The van der Waals surface area contributed by atoms with Gasteiger partial charge in [-0.15, -0.1) is 5.10 Å². The van der Waals surface area contributed by atoms with Crippen molar-refractivity contribution in [1.29, 1.82) is 0 Å². The number of benzene rings is 2.